The van der Waals surface area contributed by atoms with Crippen molar-refractivity contribution in [3.63, 3.8) is 0 Å². The van der Waals surface area contributed by atoms with Crippen LogP contribution in [0.25, 0.3) is 11.3 Å². The van der Waals surface area contributed by atoms with E-state index < -0.39 is 21.8 Å². The predicted octanol–water partition coefficient (Wildman–Crippen LogP) is 4.97. The Morgan fingerprint density at radius 2 is 1.88 bits per heavy atom. The highest BCUT2D eigenvalue weighted by Gasteiger charge is 2.34. The van der Waals surface area contributed by atoms with Crippen LogP contribution < -0.4 is 4.72 Å². The SMILES string of the molecule is Cn1nccc1-c1cc(C(F)(F)F)ccc1[C@H]1CCc2cc(S(=O)(=O)Nc3ncco3)ccc21. The van der Waals surface area contributed by atoms with Crippen molar-refractivity contribution in [2.75, 3.05) is 4.72 Å². The molecule has 34 heavy (non-hydrogen) atoms. The van der Waals surface area contributed by atoms with Crippen LogP contribution in [0.3, 0.4) is 0 Å². The molecule has 0 bridgehead atoms. The standard InChI is InChI=1S/C23H19F3N4O3S/c1-30-21(8-9-28-30)20-13-15(23(24,25)26)3-6-19(20)18-5-2-14-12-16(4-7-17(14)18)34(31,32)29-22-27-10-11-33-22/h3-4,6-13,18H,2,5H2,1H3,(H,27,29)/t18-/m0/s1. The highest BCUT2D eigenvalue weighted by Crippen LogP contribution is 2.44. The number of sulfonamides is 1. The van der Waals surface area contributed by atoms with Gasteiger partial charge in [0.25, 0.3) is 10.0 Å². The summed E-state index contributed by atoms with van der Waals surface area (Å²) in [6, 6.07) is 10.1. The number of nitrogens with one attached hydrogen (secondary N) is 1. The minimum absolute atomic E-state index is 0.0596. The van der Waals surface area contributed by atoms with E-state index in [1.165, 1.54) is 24.6 Å². The van der Waals surface area contributed by atoms with E-state index in [-0.39, 0.29) is 16.8 Å². The molecule has 0 fully saturated rings. The summed E-state index contributed by atoms with van der Waals surface area (Å²) in [5.74, 6) is -0.182. The summed E-state index contributed by atoms with van der Waals surface area (Å²) < 4.78 is 74.5. The van der Waals surface area contributed by atoms with Gasteiger partial charge in [0.1, 0.15) is 6.26 Å². The molecule has 0 saturated heterocycles. The highest BCUT2D eigenvalue weighted by molar-refractivity contribution is 7.92. The van der Waals surface area contributed by atoms with Crippen LogP contribution in [0.5, 0.6) is 0 Å². The second-order valence-corrected chi connectivity index (χ2v) is 9.72. The van der Waals surface area contributed by atoms with E-state index in [1.54, 1.807) is 36.1 Å². The number of nitrogens with zero attached hydrogens (tertiary/aromatic N) is 3. The number of benzene rings is 2. The number of halogens is 3. The third kappa shape index (κ3) is 3.96. The van der Waals surface area contributed by atoms with Gasteiger partial charge in [-0.3, -0.25) is 4.68 Å². The molecule has 0 radical (unpaired) electrons. The van der Waals surface area contributed by atoms with Crippen LogP contribution in [0.1, 0.15) is 34.6 Å². The summed E-state index contributed by atoms with van der Waals surface area (Å²) >= 11 is 0. The fourth-order valence-electron chi connectivity index (χ4n) is 4.43. The van der Waals surface area contributed by atoms with Gasteiger partial charge in [0.2, 0.25) is 0 Å². The fraction of sp³-hybridized carbons (Fsp3) is 0.217. The lowest BCUT2D eigenvalue weighted by Crippen LogP contribution is -2.13. The van der Waals surface area contributed by atoms with Crippen LogP contribution >= 0.6 is 0 Å². The Kier molecular flexibility index (Phi) is 5.23. The van der Waals surface area contributed by atoms with E-state index in [0.717, 1.165) is 28.8 Å². The monoisotopic (exact) mass is 488 g/mol. The van der Waals surface area contributed by atoms with Crippen molar-refractivity contribution in [1.29, 1.82) is 0 Å². The summed E-state index contributed by atoms with van der Waals surface area (Å²) in [5, 5.41) is 4.12. The fourth-order valence-corrected chi connectivity index (χ4v) is 5.42. The van der Waals surface area contributed by atoms with Crippen molar-refractivity contribution in [2.45, 2.75) is 29.8 Å². The van der Waals surface area contributed by atoms with E-state index in [4.69, 9.17) is 4.42 Å². The Bertz CT molecular complexity index is 1460. The quantitative estimate of drug-likeness (QED) is 0.428. The van der Waals surface area contributed by atoms with Crippen LogP contribution in [0, 0.1) is 0 Å². The van der Waals surface area contributed by atoms with E-state index >= 15 is 0 Å². The van der Waals surface area contributed by atoms with Crippen molar-refractivity contribution >= 4 is 16.0 Å². The van der Waals surface area contributed by atoms with Gasteiger partial charge in [-0.15, -0.1) is 0 Å². The number of hydrogen-bond acceptors (Lipinski definition) is 5. The second kappa shape index (κ2) is 8.01. The summed E-state index contributed by atoms with van der Waals surface area (Å²) in [6.45, 7) is 0. The van der Waals surface area contributed by atoms with Crippen molar-refractivity contribution in [3.05, 3.63) is 83.4 Å². The normalized spacial score (nSPS) is 15.9. The summed E-state index contributed by atoms with van der Waals surface area (Å²) in [4.78, 5) is 3.83. The first-order valence-electron chi connectivity index (χ1n) is 10.4. The van der Waals surface area contributed by atoms with Crippen LogP contribution in [0.15, 0.2) is 70.4 Å². The van der Waals surface area contributed by atoms with E-state index in [1.807, 2.05) is 0 Å². The van der Waals surface area contributed by atoms with Gasteiger partial charge in [-0.2, -0.15) is 18.3 Å². The molecule has 2 aromatic heterocycles. The minimum atomic E-state index is -4.47. The molecule has 0 amide bonds. The molecular weight excluding hydrogens is 469 g/mol. The molecule has 2 heterocycles. The Morgan fingerprint density at radius 1 is 1.09 bits per heavy atom. The van der Waals surface area contributed by atoms with Gasteiger partial charge < -0.3 is 4.42 Å². The zero-order valence-corrected chi connectivity index (χ0v) is 18.7. The molecule has 0 spiro atoms. The first-order chi connectivity index (χ1) is 16.1. The van der Waals surface area contributed by atoms with E-state index in [2.05, 4.69) is 14.8 Å². The van der Waals surface area contributed by atoms with Gasteiger partial charge in [-0.25, -0.2) is 18.1 Å². The van der Waals surface area contributed by atoms with Gasteiger partial charge >= 0.3 is 12.2 Å². The van der Waals surface area contributed by atoms with Crippen LogP contribution in [-0.2, 0) is 29.7 Å². The molecule has 7 nitrogen and oxygen atoms in total. The Balaban J connectivity index is 1.55. The molecule has 1 aliphatic carbocycles. The molecule has 11 heteroatoms. The first kappa shape index (κ1) is 22.2. The van der Waals surface area contributed by atoms with Crippen molar-refractivity contribution in [3.8, 4) is 11.3 Å². The average molecular weight is 488 g/mol. The summed E-state index contributed by atoms with van der Waals surface area (Å²) in [5.41, 5.74) is 2.75. The molecule has 1 N–H and O–H groups in total. The lowest BCUT2D eigenvalue weighted by atomic mass is 9.87. The van der Waals surface area contributed by atoms with Gasteiger partial charge in [0, 0.05) is 24.7 Å². The summed E-state index contributed by atoms with van der Waals surface area (Å²) in [7, 11) is -2.22. The number of aromatic nitrogens is 3. The van der Waals surface area contributed by atoms with Gasteiger partial charge in [-0.1, -0.05) is 12.1 Å². The molecule has 5 rings (SSSR count). The number of oxazole rings is 1. The third-order valence-corrected chi connectivity index (χ3v) is 7.33. The van der Waals surface area contributed by atoms with E-state index in [0.29, 0.717) is 24.1 Å². The second-order valence-electron chi connectivity index (χ2n) is 8.03. The zero-order valence-electron chi connectivity index (χ0n) is 17.9. The van der Waals surface area contributed by atoms with Crippen LogP contribution in [-0.4, -0.2) is 23.2 Å². The largest absolute Gasteiger partial charge is 0.432 e. The van der Waals surface area contributed by atoms with E-state index in [9.17, 15) is 21.6 Å². The lowest BCUT2D eigenvalue weighted by molar-refractivity contribution is -0.137. The Labute approximate surface area is 193 Å². The van der Waals surface area contributed by atoms with Crippen LogP contribution in [0.2, 0.25) is 0 Å². The van der Waals surface area contributed by atoms with Crippen LogP contribution in [0.4, 0.5) is 19.2 Å². The number of rotatable bonds is 5. The average Bonchev–Trinajstić information content (AvgIpc) is 3.53. The molecule has 0 unspecified atom stereocenters. The maximum atomic E-state index is 13.5. The number of aryl methyl sites for hydroxylation is 2. The first-order valence-corrected chi connectivity index (χ1v) is 11.9. The summed E-state index contributed by atoms with van der Waals surface area (Å²) in [6.07, 6.45) is 0.888. The molecular formula is C23H19F3N4O3S. The Morgan fingerprint density at radius 3 is 2.56 bits per heavy atom. The number of fused-ring (bicyclic) bond motifs is 1. The molecule has 4 aromatic rings. The minimum Gasteiger partial charge on any atom is -0.432 e. The van der Waals surface area contributed by atoms with Gasteiger partial charge in [0.05, 0.1) is 22.3 Å². The third-order valence-electron chi connectivity index (χ3n) is 6.01. The molecule has 1 atom stereocenters. The predicted molar refractivity (Wildman–Crippen MR) is 118 cm³/mol. The molecule has 176 valence electrons. The Hall–Kier alpha value is -3.60. The molecule has 2 aromatic carbocycles. The number of alkyl halides is 3. The maximum Gasteiger partial charge on any atom is 0.416 e. The lowest BCUT2D eigenvalue weighted by Gasteiger charge is -2.19. The van der Waals surface area contributed by atoms with Gasteiger partial charge in [0.15, 0.2) is 0 Å². The molecule has 0 aliphatic heterocycles. The number of hydrogen-bond donors (Lipinski definition) is 1. The molecule has 0 saturated carbocycles. The maximum absolute atomic E-state index is 13.5. The topological polar surface area (TPSA) is 90.0 Å². The van der Waals surface area contributed by atoms with Gasteiger partial charge in [-0.05, 0) is 59.9 Å². The van der Waals surface area contributed by atoms with Crippen molar-refractivity contribution < 1.29 is 26.0 Å². The smallest absolute Gasteiger partial charge is 0.416 e. The molecule has 1 aliphatic rings. The van der Waals surface area contributed by atoms with Crippen molar-refractivity contribution in [1.82, 2.24) is 14.8 Å². The highest BCUT2D eigenvalue weighted by atomic mass is 32.2. The number of anilines is 1. The zero-order chi connectivity index (χ0) is 24.1. The van der Waals surface area contributed by atoms with Crippen molar-refractivity contribution in [2.24, 2.45) is 7.05 Å².